The van der Waals surface area contributed by atoms with Crippen LogP contribution in [0, 0.1) is 0 Å². The third-order valence-corrected chi connectivity index (χ3v) is 4.02. The Hall–Kier alpha value is -1.72. The van der Waals surface area contributed by atoms with Crippen LogP contribution in [0.1, 0.15) is 47.6 Å². The predicted octanol–water partition coefficient (Wildman–Crippen LogP) is 2.10. The Morgan fingerprint density at radius 3 is 3.00 bits per heavy atom. The number of rotatable bonds is 4. The fourth-order valence-corrected chi connectivity index (χ4v) is 3.02. The molecule has 112 valence electrons. The highest BCUT2D eigenvalue weighted by atomic mass is 16.5. The molecule has 0 spiro atoms. The van der Waals surface area contributed by atoms with E-state index in [-0.39, 0.29) is 12.0 Å². The Balaban J connectivity index is 1.84. The van der Waals surface area contributed by atoms with Crippen LogP contribution < -0.4 is 5.73 Å². The van der Waals surface area contributed by atoms with Gasteiger partial charge in [-0.1, -0.05) is 29.4 Å². The zero-order valence-electron chi connectivity index (χ0n) is 12.6. The number of hydrogen-bond donors (Lipinski definition) is 1. The van der Waals surface area contributed by atoms with Gasteiger partial charge >= 0.3 is 0 Å². The summed E-state index contributed by atoms with van der Waals surface area (Å²) < 4.78 is 5.50. The molecule has 1 aliphatic carbocycles. The Bertz CT molecular complexity index is 608. The standard InChI is InChI=1S/C16H22N4O/c1-20(2)10-14(17)15-18-16(21-19-15)13-9-5-7-11-6-3-4-8-12(11)13/h3-4,6,8,13-14H,5,7,9-10,17H2,1-2H3. The molecule has 1 aliphatic rings. The predicted molar refractivity (Wildman–Crippen MR) is 81.0 cm³/mol. The van der Waals surface area contributed by atoms with E-state index in [9.17, 15) is 0 Å². The number of likely N-dealkylation sites (N-methyl/N-ethyl adjacent to an activating group) is 1. The van der Waals surface area contributed by atoms with Crippen molar-refractivity contribution in [1.82, 2.24) is 15.0 Å². The summed E-state index contributed by atoms with van der Waals surface area (Å²) in [4.78, 5) is 6.58. The van der Waals surface area contributed by atoms with Gasteiger partial charge < -0.3 is 15.2 Å². The number of nitrogens with zero attached hydrogens (tertiary/aromatic N) is 3. The molecule has 5 nitrogen and oxygen atoms in total. The molecule has 0 saturated heterocycles. The molecule has 2 aromatic rings. The summed E-state index contributed by atoms with van der Waals surface area (Å²) in [7, 11) is 3.97. The van der Waals surface area contributed by atoms with Crippen molar-refractivity contribution in [2.75, 3.05) is 20.6 Å². The molecule has 1 heterocycles. The highest BCUT2D eigenvalue weighted by Crippen LogP contribution is 2.35. The summed E-state index contributed by atoms with van der Waals surface area (Å²) in [6, 6.07) is 8.32. The molecule has 5 heteroatoms. The summed E-state index contributed by atoms with van der Waals surface area (Å²) in [5, 5.41) is 4.08. The first-order valence-electron chi connectivity index (χ1n) is 7.46. The first kappa shape index (κ1) is 14.2. The fraction of sp³-hybridized carbons (Fsp3) is 0.500. The zero-order valence-corrected chi connectivity index (χ0v) is 12.6. The van der Waals surface area contributed by atoms with E-state index in [1.165, 1.54) is 11.1 Å². The summed E-state index contributed by atoms with van der Waals surface area (Å²) in [6.45, 7) is 0.709. The minimum Gasteiger partial charge on any atom is -0.339 e. The van der Waals surface area contributed by atoms with Crippen molar-refractivity contribution in [1.29, 1.82) is 0 Å². The molecule has 0 radical (unpaired) electrons. The molecular weight excluding hydrogens is 264 g/mol. The summed E-state index contributed by atoms with van der Waals surface area (Å²) in [5.74, 6) is 1.51. The van der Waals surface area contributed by atoms with Gasteiger partial charge in [0.2, 0.25) is 5.89 Å². The van der Waals surface area contributed by atoms with E-state index in [4.69, 9.17) is 10.3 Å². The van der Waals surface area contributed by atoms with Crippen LogP contribution in [0.2, 0.25) is 0 Å². The van der Waals surface area contributed by atoms with Gasteiger partial charge in [-0.3, -0.25) is 0 Å². The molecule has 2 atom stereocenters. The molecule has 0 fully saturated rings. The molecule has 0 saturated carbocycles. The number of hydrogen-bond acceptors (Lipinski definition) is 5. The van der Waals surface area contributed by atoms with Crippen LogP contribution in [0.15, 0.2) is 28.8 Å². The van der Waals surface area contributed by atoms with Crippen LogP contribution >= 0.6 is 0 Å². The maximum absolute atomic E-state index is 6.11. The number of fused-ring (bicyclic) bond motifs is 1. The SMILES string of the molecule is CN(C)CC(N)c1noc(C2CCCc3ccccc32)n1. The monoisotopic (exact) mass is 286 g/mol. The molecule has 0 bridgehead atoms. The average molecular weight is 286 g/mol. The lowest BCUT2D eigenvalue weighted by Crippen LogP contribution is -2.26. The first-order valence-corrected chi connectivity index (χ1v) is 7.46. The van der Waals surface area contributed by atoms with E-state index in [1.54, 1.807) is 0 Å². The van der Waals surface area contributed by atoms with Gasteiger partial charge in [-0.05, 0) is 44.5 Å². The molecule has 2 unspecified atom stereocenters. The minimum absolute atomic E-state index is 0.211. The molecule has 0 amide bonds. The van der Waals surface area contributed by atoms with Crippen LogP contribution in [0.25, 0.3) is 0 Å². The number of aryl methyl sites for hydroxylation is 1. The van der Waals surface area contributed by atoms with E-state index < -0.39 is 0 Å². The number of benzene rings is 1. The third-order valence-electron chi connectivity index (χ3n) is 4.02. The molecule has 3 rings (SSSR count). The molecule has 1 aromatic heterocycles. The van der Waals surface area contributed by atoms with Gasteiger partial charge in [-0.15, -0.1) is 0 Å². The van der Waals surface area contributed by atoms with Crippen molar-refractivity contribution in [3.05, 3.63) is 47.1 Å². The van der Waals surface area contributed by atoms with Gasteiger partial charge in [0.25, 0.3) is 0 Å². The normalized spacial score (nSPS) is 19.5. The highest BCUT2D eigenvalue weighted by molar-refractivity contribution is 5.35. The lowest BCUT2D eigenvalue weighted by molar-refractivity contribution is 0.336. The van der Waals surface area contributed by atoms with Crippen LogP contribution in [0.3, 0.4) is 0 Å². The van der Waals surface area contributed by atoms with Crippen LogP contribution in [-0.4, -0.2) is 35.7 Å². The van der Waals surface area contributed by atoms with Crippen molar-refractivity contribution >= 4 is 0 Å². The topological polar surface area (TPSA) is 68.2 Å². The van der Waals surface area contributed by atoms with E-state index >= 15 is 0 Å². The maximum atomic E-state index is 6.11. The number of nitrogens with two attached hydrogens (primary N) is 1. The van der Waals surface area contributed by atoms with E-state index in [2.05, 4.69) is 34.4 Å². The third kappa shape index (κ3) is 2.99. The van der Waals surface area contributed by atoms with Gasteiger partial charge in [0.05, 0.1) is 12.0 Å². The zero-order chi connectivity index (χ0) is 14.8. The lowest BCUT2D eigenvalue weighted by Gasteiger charge is -2.22. The van der Waals surface area contributed by atoms with Gasteiger partial charge in [0.15, 0.2) is 5.82 Å². The van der Waals surface area contributed by atoms with Gasteiger partial charge in [-0.2, -0.15) is 4.98 Å². The second-order valence-electron chi connectivity index (χ2n) is 6.00. The summed E-state index contributed by atoms with van der Waals surface area (Å²) in [5.41, 5.74) is 8.82. The van der Waals surface area contributed by atoms with Gasteiger partial charge in [0, 0.05) is 6.54 Å². The van der Waals surface area contributed by atoms with Crippen molar-refractivity contribution in [2.45, 2.75) is 31.2 Å². The van der Waals surface area contributed by atoms with E-state index in [0.29, 0.717) is 18.3 Å². The molecule has 1 aromatic carbocycles. The molecule has 21 heavy (non-hydrogen) atoms. The number of aromatic nitrogens is 2. The largest absolute Gasteiger partial charge is 0.339 e. The van der Waals surface area contributed by atoms with Crippen molar-refractivity contribution in [3.63, 3.8) is 0 Å². The van der Waals surface area contributed by atoms with E-state index in [0.717, 1.165) is 19.3 Å². The first-order chi connectivity index (χ1) is 10.1. The fourth-order valence-electron chi connectivity index (χ4n) is 3.02. The Morgan fingerprint density at radius 1 is 1.38 bits per heavy atom. The molecular formula is C16H22N4O. The Labute approximate surface area is 125 Å². The second kappa shape index (κ2) is 5.95. The van der Waals surface area contributed by atoms with Gasteiger partial charge in [0.1, 0.15) is 0 Å². The van der Waals surface area contributed by atoms with Gasteiger partial charge in [-0.25, -0.2) is 0 Å². The Morgan fingerprint density at radius 2 is 2.19 bits per heavy atom. The Kier molecular flexibility index (Phi) is 4.03. The second-order valence-corrected chi connectivity index (χ2v) is 6.00. The average Bonchev–Trinajstić information content (AvgIpc) is 2.95. The molecule has 2 N–H and O–H groups in total. The quantitative estimate of drug-likeness (QED) is 0.932. The van der Waals surface area contributed by atoms with Crippen LogP contribution in [-0.2, 0) is 6.42 Å². The smallest absolute Gasteiger partial charge is 0.234 e. The van der Waals surface area contributed by atoms with Crippen molar-refractivity contribution in [2.24, 2.45) is 5.73 Å². The van der Waals surface area contributed by atoms with Crippen LogP contribution in [0.4, 0.5) is 0 Å². The lowest BCUT2D eigenvalue weighted by atomic mass is 9.83. The summed E-state index contributed by atoms with van der Waals surface area (Å²) >= 11 is 0. The van der Waals surface area contributed by atoms with Crippen molar-refractivity contribution < 1.29 is 4.52 Å². The maximum Gasteiger partial charge on any atom is 0.234 e. The van der Waals surface area contributed by atoms with E-state index in [1.807, 2.05) is 19.0 Å². The summed E-state index contributed by atoms with van der Waals surface area (Å²) in [6.07, 6.45) is 3.35. The molecule has 0 aliphatic heterocycles. The highest BCUT2D eigenvalue weighted by Gasteiger charge is 2.27. The minimum atomic E-state index is -0.212. The van der Waals surface area contributed by atoms with Crippen LogP contribution in [0.5, 0.6) is 0 Å². The van der Waals surface area contributed by atoms with Crippen molar-refractivity contribution in [3.8, 4) is 0 Å².